The van der Waals surface area contributed by atoms with Crippen molar-refractivity contribution < 1.29 is 9.53 Å². The largest absolute Gasteiger partial charge is 0.384 e. The van der Waals surface area contributed by atoms with Crippen LogP contribution >= 0.6 is 0 Å². The molecule has 2 heterocycles. The van der Waals surface area contributed by atoms with Crippen LogP contribution in [0.25, 0.3) is 0 Å². The summed E-state index contributed by atoms with van der Waals surface area (Å²) >= 11 is 0. The number of rotatable bonds is 5. The molecule has 0 radical (unpaired) electrons. The van der Waals surface area contributed by atoms with Crippen LogP contribution in [-0.2, 0) is 10.2 Å². The number of aromatic nitrogens is 1. The minimum absolute atomic E-state index is 0.00958. The Kier molecular flexibility index (Phi) is 5.28. The fourth-order valence-corrected chi connectivity index (χ4v) is 3.93. The first kappa shape index (κ1) is 18.4. The average molecular weight is 353 g/mol. The van der Waals surface area contributed by atoms with Crippen LogP contribution in [0.1, 0.15) is 49.0 Å². The molecule has 5 heteroatoms. The fourth-order valence-electron chi connectivity index (χ4n) is 3.93. The van der Waals surface area contributed by atoms with E-state index in [1.807, 2.05) is 6.07 Å². The molecule has 26 heavy (non-hydrogen) atoms. The van der Waals surface area contributed by atoms with E-state index < -0.39 is 0 Å². The smallest absolute Gasteiger partial charge is 0.252 e. The summed E-state index contributed by atoms with van der Waals surface area (Å²) in [5, 5.41) is 3.03. The summed E-state index contributed by atoms with van der Waals surface area (Å²) in [6.45, 7) is 5.62. The summed E-state index contributed by atoms with van der Waals surface area (Å²) in [6.07, 6.45) is 4.27. The topological polar surface area (TPSA) is 77.2 Å². The lowest BCUT2D eigenvalue weighted by Gasteiger charge is -2.45. The van der Waals surface area contributed by atoms with Gasteiger partial charge in [-0.3, -0.25) is 4.79 Å². The molecule has 1 aliphatic heterocycles. The molecule has 1 saturated heterocycles. The number of anilines is 1. The van der Waals surface area contributed by atoms with Crippen molar-refractivity contribution in [2.45, 2.75) is 44.1 Å². The van der Waals surface area contributed by atoms with E-state index >= 15 is 0 Å². The summed E-state index contributed by atoms with van der Waals surface area (Å²) in [7, 11) is 0. The van der Waals surface area contributed by atoms with E-state index in [-0.39, 0.29) is 16.9 Å². The Balaban J connectivity index is 1.71. The molecule has 138 valence electrons. The van der Waals surface area contributed by atoms with Crippen molar-refractivity contribution in [3.8, 4) is 0 Å². The molecule has 0 bridgehead atoms. The summed E-state index contributed by atoms with van der Waals surface area (Å²) in [4.78, 5) is 16.3. The van der Waals surface area contributed by atoms with Gasteiger partial charge in [0.1, 0.15) is 5.82 Å². The Labute approximate surface area is 155 Å². The van der Waals surface area contributed by atoms with Crippen molar-refractivity contribution in [3.63, 3.8) is 0 Å². The molecule has 0 saturated carbocycles. The Morgan fingerprint density at radius 2 is 2.00 bits per heavy atom. The number of hydrogen-bond acceptors (Lipinski definition) is 4. The maximum absolute atomic E-state index is 12.3. The van der Waals surface area contributed by atoms with E-state index in [9.17, 15) is 4.79 Å². The van der Waals surface area contributed by atoms with Crippen LogP contribution in [0.15, 0.2) is 48.7 Å². The van der Waals surface area contributed by atoms with E-state index in [0.717, 1.165) is 25.9 Å². The predicted octanol–water partition coefficient (Wildman–Crippen LogP) is 3.31. The zero-order chi connectivity index (χ0) is 18.6. The van der Waals surface area contributed by atoms with Crippen LogP contribution in [0, 0.1) is 0 Å². The summed E-state index contributed by atoms with van der Waals surface area (Å²) in [5.41, 5.74) is 7.27. The number of benzene rings is 1. The number of pyridine rings is 1. The second-order valence-electron chi connectivity index (χ2n) is 7.66. The third-order valence-electron chi connectivity index (χ3n) is 5.16. The summed E-state index contributed by atoms with van der Waals surface area (Å²) in [6, 6.07) is 13.9. The van der Waals surface area contributed by atoms with Gasteiger partial charge in [0.25, 0.3) is 5.91 Å². The van der Waals surface area contributed by atoms with Crippen molar-refractivity contribution in [2.75, 3.05) is 18.9 Å². The first-order chi connectivity index (χ1) is 12.4. The van der Waals surface area contributed by atoms with Gasteiger partial charge in [-0.2, -0.15) is 0 Å². The van der Waals surface area contributed by atoms with Crippen molar-refractivity contribution >= 4 is 11.7 Å². The average Bonchev–Trinajstić information content (AvgIpc) is 2.62. The van der Waals surface area contributed by atoms with Crippen LogP contribution in [0.5, 0.6) is 0 Å². The second-order valence-corrected chi connectivity index (χ2v) is 7.66. The molecule has 1 amide bonds. The highest BCUT2D eigenvalue weighted by Crippen LogP contribution is 2.43. The van der Waals surface area contributed by atoms with Gasteiger partial charge in [0, 0.05) is 24.8 Å². The van der Waals surface area contributed by atoms with Gasteiger partial charge in [-0.1, -0.05) is 30.3 Å². The monoisotopic (exact) mass is 353 g/mol. The maximum atomic E-state index is 12.3. The van der Waals surface area contributed by atoms with E-state index in [0.29, 0.717) is 17.9 Å². The van der Waals surface area contributed by atoms with E-state index in [4.69, 9.17) is 10.5 Å². The molecule has 0 aliphatic carbocycles. The van der Waals surface area contributed by atoms with Crippen molar-refractivity contribution in [3.05, 3.63) is 59.8 Å². The third kappa shape index (κ3) is 4.22. The number of nitrogen functional groups attached to an aromatic ring is 1. The minimum atomic E-state index is -0.168. The number of carbonyl (C=O) groups excluding carboxylic acids is 1. The lowest BCUT2D eigenvalue weighted by atomic mass is 9.67. The zero-order valence-electron chi connectivity index (χ0n) is 15.5. The third-order valence-corrected chi connectivity index (χ3v) is 5.16. The predicted molar refractivity (Wildman–Crippen MR) is 103 cm³/mol. The number of nitrogens with two attached hydrogens (primary N) is 1. The number of ether oxygens (including phenoxy) is 1. The Bertz CT molecular complexity index is 744. The lowest BCUT2D eigenvalue weighted by Crippen LogP contribution is -2.45. The molecule has 1 atom stereocenters. The highest BCUT2D eigenvalue weighted by Gasteiger charge is 2.41. The van der Waals surface area contributed by atoms with Gasteiger partial charge in [-0.25, -0.2) is 4.98 Å². The van der Waals surface area contributed by atoms with Crippen LogP contribution < -0.4 is 11.1 Å². The van der Waals surface area contributed by atoms with Gasteiger partial charge in [0.05, 0.1) is 11.2 Å². The standard InChI is InChI=1S/C21H27N3O2/c1-20(2)15-21(11-13-26-20,17-6-4-3-5-7-17)10-12-23-19(25)16-8-9-18(22)24-14-16/h3-9,14H,10-13,15H2,1-2H3,(H2,22,24)(H,23,25)/t21-/m1/s1. The molecular weight excluding hydrogens is 326 g/mol. The van der Waals surface area contributed by atoms with Gasteiger partial charge in [-0.15, -0.1) is 0 Å². The highest BCUT2D eigenvalue weighted by molar-refractivity contribution is 5.93. The molecule has 0 spiro atoms. The molecule has 3 N–H and O–H groups in total. The SMILES string of the molecule is CC1(C)C[C@](CCNC(=O)c2ccc(N)nc2)(c2ccccc2)CCO1. The number of nitrogens with zero attached hydrogens (tertiary/aromatic N) is 1. The van der Waals surface area contributed by atoms with Crippen molar-refractivity contribution in [1.82, 2.24) is 10.3 Å². The van der Waals surface area contributed by atoms with Crippen LogP contribution in [-0.4, -0.2) is 29.6 Å². The van der Waals surface area contributed by atoms with Crippen molar-refractivity contribution in [2.24, 2.45) is 0 Å². The number of nitrogens with one attached hydrogen (secondary N) is 1. The van der Waals surface area contributed by atoms with Gasteiger partial charge in [-0.05, 0) is 50.8 Å². The number of amides is 1. The zero-order valence-corrected chi connectivity index (χ0v) is 15.5. The molecule has 3 rings (SSSR count). The Hall–Kier alpha value is -2.40. The lowest BCUT2D eigenvalue weighted by molar-refractivity contribution is -0.0838. The molecule has 5 nitrogen and oxygen atoms in total. The molecular formula is C21H27N3O2. The fraction of sp³-hybridized carbons (Fsp3) is 0.429. The molecule has 1 aromatic carbocycles. The molecule has 2 aromatic rings. The molecule has 1 aliphatic rings. The van der Waals surface area contributed by atoms with Gasteiger partial charge in [0.15, 0.2) is 0 Å². The normalized spacial score (nSPS) is 21.9. The first-order valence-corrected chi connectivity index (χ1v) is 9.10. The number of hydrogen-bond donors (Lipinski definition) is 2. The maximum Gasteiger partial charge on any atom is 0.252 e. The van der Waals surface area contributed by atoms with Crippen molar-refractivity contribution in [1.29, 1.82) is 0 Å². The highest BCUT2D eigenvalue weighted by atomic mass is 16.5. The van der Waals surface area contributed by atoms with E-state index in [2.05, 4.69) is 48.4 Å². The van der Waals surface area contributed by atoms with Gasteiger partial charge in [0.2, 0.25) is 0 Å². The Morgan fingerprint density at radius 3 is 2.65 bits per heavy atom. The molecule has 1 aromatic heterocycles. The Morgan fingerprint density at radius 1 is 1.23 bits per heavy atom. The number of carbonyl (C=O) groups is 1. The summed E-state index contributed by atoms with van der Waals surface area (Å²) < 4.78 is 5.94. The quantitative estimate of drug-likeness (QED) is 0.864. The minimum Gasteiger partial charge on any atom is -0.384 e. The molecule has 0 unspecified atom stereocenters. The van der Waals surface area contributed by atoms with Gasteiger partial charge < -0.3 is 15.8 Å². The van der Waals surface area contributed by atoms with Crippen LogP contribution in [0.3, 0.4) is 0 Å². The van der Waals surface area contributed by atoms with Crippen LogP contribution in [0.4, 0.5) is 5.82 Å². The van der Waals surface area contributed by atoms with E-state index in [1.54, 1.807) is 12.1 Å². The molecule has 1 fully saturated rings. The van der Waals surface area contributed by atoms with Crippen LogP contribution in [0.2, 0.25) is 0 Å². The van der Waals surface area contributed by atoms with E-state index in [1.165, 1.54) is 11.8 Å². The van der Waals surface area contributed by atoms with Gasteiger partial charge >= 0.3 is 0 Å². The first-order valence-electron chi connectivity index (χ1n) is 9.10. The summed E-state index contributed by atoms with van der Waals surface area (Å²) in [5.74, 6) is 0.293. The second kappa shape index (κ2) is 7.46.